The molecule has 4 nitrogen and oxygen atoms in total. The van der Waals surface area contributed by atoms with Gasteiger partial charge in [0, 0.05) is 5.69 Å². The SMILES string of the molecule is Cc1ccc(NS(=O)(=O)c2cc(CO)cs2)cc1C. The lowest BCUT2D eigenvalue weighted by Crippen LogP contribution is -2.11. The molecule has 0 aliphatic heterocycles. The van der Waals surface area contributed by atoms with Gasteiger partial charge >= 0.3 is 0 Å². The molecule has 0 unspecified atom stereocenters. The fraction of sp³-hybridized carbons (Fsp3) is 0.231. The second-order valence-electron chi connectivity index (χ2n) is 4.34. The van der Waals surface area contributed by atoms with E-state index in [1.165, 1.54) is 6.07 Å². The maximum Gasteiger partial charge on any atom is 0.271 e. The second kappa shape index (κ2) is 5.32. The first kappa shape index (κ1) is 14.0. The number of aliphatic hydroxyl groups excluding tert-OH is 1. The summed E-state index contributed by atoms with van der Waals surface area (Å²) in [6.45, 7) is 3.75. The highest BCUT2D eigenvalue weighted by molar-refractivity contribution is 7.94. The van der Waals surface area contributed by atoms with Crippen LogP contribution in [0, 0.1) is 13.8 Å². The summed E-state index contributed by atoms with van der Waals surface area (Å²) in [6, 6.07) is 6.89. The van der Waals surface area contributed by atoms with Crippen molar-refractivity contribution in [2.24, 2.45) is 0 Å². The van der Waals surface area contributed by atoms with Crippen LogP contribution in [-0.4, -0.2) is 13.5 Å². The Morgan fingerprint density at radius 3 is 2.53 bits per heavy atom. The maximum absolute atomic E-state index is 12.1. The number of rotatable bonds is 4. The van der Waals surface area contributed by atoms with E-state index in [2.05, 4.69) is 4.72 Å². The minimum atomic E-state index is -3.57. The Kier molecular flexibility index (Phi) is 3.93. The van der Waals surface area contributed by atoms with Crippen molar-refractivity contribution in [1.29, 1.82) is 0 Å². The number of benzene rings is 1. The molecule has 2 aromatic rings. The summed E-state index contributed by atoms with van der Waals surface area (Å²) in [5, 5.41) is 10.6. The lowest BCUT2D eigenvalue weighted by atomic mass is 10.1. The standard InChI is InChI=1S/C13H15NO3S2/c1-9-3-4-12(5-10(9)2)14-19(16,17)13-6-11(7-15)8-18-13/h3-6,8,14-15H,7H2,1-2H3. The maximum atomic E-state index is 12.1. The van der Waals surface area contributed by atoms with Crippen LogP contribution >= 0.6 is 11.3 Å². The third-order valence-electron chi connectivity index (χ3n) is 2.84. The molecule has 0 fully saturated rings. The molecule has 0 spiro atoms. The van der Waals surface area contributed by atoms with Crippen molar-refractivity contribution >= 4 is 27.0 Å². The van der Waals surface area contributed by atoms with Crippen LogP contribution in [0.25, 0.3) is 0 Å². The van der Waals surface area contributed by atoms with Crippen LogP contribution in [0.5, 0.6) is 0 Å². The molecule has 0 aliphatic carbocycles. The highest BCUT2D eigenvalue weighted by Gasteiger charge is 2.16. The van der Waals surface area contributed by atoms with E-state index in [4.69, 9.17) is 5.11 Å². The summed E-state index contributed by atoms with van der Waals surface area (Å²) in [6.07, 6.45) is 0. The number of hydrogen-bond acceptors (Lipinski definition) is 4. The van der Waals surface area contributed by atoms with Gasteiger partial charge < -0.3 is 5.11 Å². The quantitative estimate of drug-likeness (QED) is 0.911. The van der Waals surface area contributed by atoms with E-state index in [1.807, 2.05) is 19.9 Å². The molecule has 2 N–H and O–H groups in total. The Bertz CT molecular complexity index is 690. The van der Waals surface area contributed by atoms with Gasteiger partial charge in [-0.3, -0.25) is 4.72 Å². The van der Waals surface area contributed by atoms with Crippen LogP contribution in [0.15, 0.2) is 33.9 Å². The molecule has 0 aliphatic rings. The van der Waals surface area contributed by atoms with E-state index >= 15 is 0 Å². The Hall–Kier alpha value is -1.37. The third kappa shape index (κ3) is 3.15. The van der Waals surface area contributed by atoms with Crippen LogP contribution in [0.1, 0.15) is 16.7 Å². The van der Waals surface area contributed by atoms with Gasteiger partial charge in [0.25, 0.3) is 10.0 Å². The molecule has 0 atom stereocenters. The summed E-state index contributed by atoms with van der Waals surface area (Å²) in [7, 11) is -3.57. The molecule has 0 amide bonds. The Balaban J connectivity index is 2.28. The van der Waals surface area contributed by atoms with E-state index in [9.17, 15) is 8.42 Å². The van der Waals surface area contributed by atoms with Gasteiger partial charge in [0.1, 0.15) is 4.21 Å². The van der Waals surface area contributed by atoms with Crippen molar-refractivity contribution in [3.05, 3.63) is 46.3 Å². The number of sulfonamides is 1. The number of thiophene rings is 1. The topological polar surface area (TPSA) is 66.4 Å². The zero-order chi connectivity index (χ0) is 14.0. The van der Waals surface area contributed by atoms with E-state index in [0.29, 0.717) is 11.3 Å². The smallest absolute Gasteiger partial charge is 0.271 e. The Morgan fingerprint density at radius 2 is 1.95 bits per heavy atom. The fourth-order valence-corrected chi connectivity index (χ4v) is 3.84. The van der Waals surface area contributed by atoms with Crippen LogP contribution in [0.2, 0.25) is 0 Å². The lowest BCUT2D eigenvalue weighted by Gasteiger charge is -2.08. The van der Waals surface area contributed by atoms with Gasteiger partial charge in [-0.15, -0.1) is 11.3 Å². The molecular formula is C13H15NO3S2. The van der Waals surface area contributed by atoms with Gasteiger partial charge in [0.2, 0.25) is 0 Å². The molecule has 0 radical (unpaired) electrons. The molecule has 0 saturated carbocycles. The van der Waals surface area contributed by atoms with Gasteiger partial charge in [0.15, 0.2) is 0 Å². The van der Waals surface area contributed by atoms with Crippen LogP contribution < -0.4 is 4.72 Å². The molecular weight excluding hydrogens is 282 g/mol. The number of anilines is 1. The minimum absolute atomic E-state index is 0.157. The largest absolute Gasteiger partial charge is 0.392 e. The van der Waals surface area contributed by atoms with Crippen molar-refractivity contribution in [2.75, 3.05) is 4.72 Å². The summed E-state index contributed by atoms with van der Waals surface area (Å²) in [5.41, 5.74) is 3.29. The van der Waals surface area contributed by atoms with Crippen molar-refractivity contribution in [2.45, 2.75) is 24.7 Å². The summed E-state index contributed by atoms with van der Waals surface area (Å²) in [4.78, 5) is 0. The summed E-state index contributed by atoms with van der Waals surface area (Å²) < 4.78 is 27.0. The van der Waals surface area contributed by atoms with Crippen molar-refractivity contribution < 1.29 is 13.5 Å². The van der Waals surface area contributed by atoms with Gasteiger partial charge in [-0.1, -0.05) is 6.07 Å². The van der Waals surface area contributed by atoms with Crippen molar-refractivity contribution in [1.82, 2.24) is 0 Å². The molecule has 2 rings (SSSR count). The average molecular weight is 297 g/mol. The van der Waals surface area contributed by atoms with Gasteiger partial charge in [-0.05, 0) is 54.1 Å². The number of aliphatic hydroxyl groups is 1. The van der Waals surface area contributed by atoms with Crippen LogP contribution in [0.4, 0.5) is 5.69 Å². The third-order valence-corrected chi connectivity index (χ3v) is 5.71. The zero-order valence-corrected chi connectivity index (χ0v) is 12.3. The lowest BCUT2D eigenvalue weighted by molar-refractivity contribution is 0.282. The Labute approximate surface area is 116 Å². The van der Waals surface area contributed by atoms with Crippen LogP contribution in [0.3, 0.4) is 0 Å². The molecule has 19 heavy (non-hydrogen) atoms. The van der Waals surface area contributed by atoms with Gasteiger partial charge in [-0.2, -0.15) is 0 Å². The first-order chi connectivity index (χ1) is 8.92. The molecule has 0 saturated heterocycles. The normalized spacial score (nSPS) is 11.5. The molecule has 102 valence electrons. The number of aryl methyl sites for hydroxylation is 2. The minimum Gasteiger partial charge on any atom is -0.392 e. The summed E-state index contributed by atoms with van der Waals surface area (Å²) >= 11 is 1.10. The van der Waals surface area contributed by atoms with Gasteiger partial charge in [-0.25, -0.2) is 8.42 Å². The van der Waals surface area contributed by atoms with Crippen molar-refractivity contribution in [3.63, 3.8) is 0 Å². The average Bonchev–Trinajstić information content (AvgIpc) is 2.83. The molecule has 1 aromatic carbocycles. The second-order valence-corrected chi connectivity index (χ2v) is 7.16. The summed E-state index contributed by atoms with van der Waals surface area (Å²) in [5.74, 6) is 0. The van der Waals surface area contributed by atoms with Gasteiger partial charge in [0.05, 0.1) is 6.61 Å². The van der Waals surface area contributed by atoms with E-state index in [0.717, 1.165) is 22.5 Å². The van der Waals surface area contributed by atoms with Crippen molar-refractivity contribution in [3.8, 4) is 0 Å². The predicted molar refractivity (Wildman–Crippen MR) is 77.0 cm³/mol. The highest BCUT2D eigenvalue weighted by Crippen LogP contribution is 2.24. The van der Waals surface area contributed by atoms with Crippen LogP contribution in [-0.2, 0) is 16.6 Å². The number of hydrogen-bond donors (Lipinski definition) is 2. The Morgan fingerprint density at radius 1 is 1.21 bits per heavy atom. The molecule has 6 heteroatoms. The fourth-order valence-electron chi connectivity index (χ4n) is 1.59. The molecule has 1 aromatic heterocycles. The first-order valence-electron chi connectivity index (χ1n) is 5.71. The molecule has 1 heterocycles. The van der Waals surface area contributed by atoms with E-state index < -0.39 is 10.0 Å². The first-order valence-corrected chi connectivity index (χ1v) is 8.07. The molecule has 0 bridgehead atoms. The zero-order valence-electron chi connectivity index (χ0n) is 10.7. The highest BCUT2D eigenvalue weighted by atomic mass is 32.2. The number of nitrogens with one attached hydrogen (secondary N) is 1. The predicted octanol–water partition coefficient (Wildman–Crippen LogP) is 2.66. The van der Waals surface area contributed by atoms with E-state index in [1.54, 1.807) is 17.5 Å². The monoisotopic (exact) mass is 297 g/mol. The van der Waals surface area contributed by atoms with E-state index in [-0.39, 0.29) is 10.8 Å².